The van der Waals surface area contributed by atoms with Crippen molar-refractivity contribution in [2.24, 2.45) is 0 Å². The normalized spacial score (nSPS) is 19.6. The average Bonchev–Trinajstić information content (AvgIpc) is 2.82. The number of amides is 2. The lowest BCUT2D eigenvalue weighted by molar-refractivity contribution is -0.144. The smallest absolute Gasteiger partial charge is 0.277 e. The molecule has 1 unspecified atom stereocenters. The first-order valence-electron chi connectivity index (χ1n) is 10.4. The highest BCUT2D eigenvalue weighted by atomic mass is 16.7. The van der Waals surface area contributed by atoms with Gasteiger partial charge in [-0.3, -0.25) is 14.4 Å². The van der Waals surface area contributed by atoms with Crippen molar-refractivity contribution in [3.63, 3.8) is 0 Å². The molecule has 2 heterocycles. The fourth-order valence-corrected chi connectivity index (χ4v) is 3.86. The summed E-state index contributed by atoms with van der Waals surface area (Å²) >= 11 is 0. The van der Waals surface area contributed by atoms with Crippen LogP contribution in [0.2, 0.25) is 0 Å². The van der Waals surface area contributed by atoms with Gasteiger partial charge in [-0.2, -0.15) is 0 Å². The number of rotatable bonds is 5. The number of nitrogens with one attached hydrogen (secondary N) is 2. The summed E-state index contributed by atoms with van der Waals surface area (Å²) < 4.78 is 0. The Bertz CT molecular complexity index is 894. The van der Waals surface area contributed by atoms with Gasteiger partial charge in [-0.25, -0.2) is 5.06 Å². The van der Waals surface area contributed by atoms with Gasteiger partial charge in [0.25, 0.3) is 11.8 Å². The molecular formula is C23H27N3O4. The molecule has 0 aliphatic carbocycles. The maximum Gasteiger partial charge on any atom is 0.277 e. The summed E-state index contributed by atoms with van der Waals surface area (Å²) in [6.45, 7) is 2.00. The van der Waals surface area contributed by atoms with Crippen LogP contribution in [0, 0.1) is 0 Å². The molecule has 7 heteroatoms. The third kappa shape index (κ3) is 4.70. The summed E-state index contributed by atoms with van der Waals surface area (Å²) in [5, 5.41) is 18.0. The van der Waals surface area contributed by atoms with E-state index in [0.717, 1.165) is 19.3 Å². The summed E-state index contributed by atoms with van der Waals surface area (Å²) in [5.41, 5.74) is 3.40. The van der Waals surface area contributed by atoms with E-state index in [2.05, 4.69) is 22.8 Å². The second-order valence-corrected chi connectivity index (χ2v) is 7.76. The van der Waals surface area contributed by atoms with Gasteiger partial charge in [0.2, 0.25) is 0 Å². The van der Waals surface area contributed by atoms with Crippen molar-refractivity contribution in [1.82, 2.24) is 15.7 Å². The Hall–Kier alpha value is -2.74. The van der Waals surface area contributed by atoms with Gasteiger partial charge >= 0.3 is 0 Å². The average molecular weight is 409 g/mol. The maximum absolute atomic E-state index is 12.5. The van der Waals surface area contributed by atoms with Crippen LogP contribution in [-0.2, 0) is 17.8 Å². The van der Waals surface area contributed by atoms with Crippen LogP contribution < -0.4 is 10.6 Å². The van der Waals surface area contributed by atoms with E-state index in [1.165, 1.54) is 16.2 Å². The van der Waals surface area contributed by atoms with Crippen LogP contribution >= 0.6 is 0 Å². The molecule has 4 rings (SSSR count). The quantitative estimate of drug-likeness (QED) is 0.699. The van der Waals surface area contributed by atoms with Crippen molar-refractivity contribution in [2.75, 3.05) is 19.7 Å². The first kappa shape index (κ1) is 20.5. The Kier molecular flexibility index (Phi) is 6.42. The highest BCUT2D eigenvalue weighted by Gasteiger charge is 2.25. The number of carbonyl (C=O) groups excluding carboxylic acids is 2. The number of carbonyl (C=O) groups is 2. The number of hydroxylamine groups is 2. The van der Waals surface area contributed by atoms with Gasteiger partial charge in [0.1, 0.15) is 0 Å². The van der Waals surface area contributed by atoms with Gasteiger partial charge in [0.05, 0.1) is 12.7 Å². The van der Waals surface area contributed by atoms with Crippen LogP contribution in [0.1, 0.15) is 44.7 Å². The van der Waals surface area contributed by atoms with E-state index in [9.17, 15) is 14.7 Å². The highest BCUT2D eigenvalue weighted by molar-refractivity contribution is 5.97. The number of fused-ring (bicyclic) bond motifs is 1. The lowest BCUT2D eigenvalue weighted by Crippen LogP contribution is -2.49. The first-order chi connectivity index (χ1) is 14.6. The Morgan fingerprint density at radius 2 is 1.83 bits per heavy atom. The SMILES string of the molecule is O=C(NCC(O)[C@@H]1Cc2ccccc2CN1)c1ccc(C(=O)N2CCCCO2)cc1. The molecule has 0 aromatic heterocycles. The molecule has 2 aliphatic heterocycles. The summed E-state index contributed by atoms with van der Waals surface area (Å²) in [7, 11) is 0. The minimum atomic E-state index is -0.695. The van der Waals surface area contributed by atoms with Crippen LogP contribution in [0.4, 0.5) is 0 Å². The number of nitrogens with zero attached hydrogens (tertiary/aromatic N) is 1. The van der Waals surface area contributed by atoms with Crippen LogP contribution in [-0.4, -0.2) is 53.8 Å². The third-order valence-corrected chi connectivity index (χ3v) is 5.67. The molecule has 3 N–H and O–H groups in total. The van der Waals surface area contributed by atoms with Crippen LogP contribution in [0.5, 0.6) is 0 Å². The summed E-state index contributed by atoms with van der Waals surface area (Å²) in [4.78, 5) is 30.3. The van der Waals surface area contributed by atoms with Gasteiger partial charge in [-0.1, -0.05) is 24.3 Å². The largest absolute Gasteiger partial charge is 0.390 e. The molecule has 1 fully saturated rings. The zero-order chi connectivity index (χ0) is 20.9. The third-order valence-electron chi connectivity index (χ3n) is 5.67. The van der Waals surface area contributed by atoms with Gasteiger partial charge in [-0.15, -0.1) is 0 Å². The van der Waals surface area contributed by atoms with Crippen molar-refractivity contribution in [1.29, 1.82) is 0 Å². The van der Waals surface area contributed by atoms with Gasteiger partial charge in [-0.05, 0) is 54.7 Å². The molecule has 0 saturated carbocycles. The number of aliphatic hydroxyl groups excluding tert-OH is 1. The van der Waals surface area contributed by atoms with E-state index in [4.69, 9.17) is 4.84 Å². The summed E-state index contributed by atoms with van der Waals surface area (Å²) in [6, 6.07) is 14.6. The highest BCUT2D eigenvalue weighted by Crippen LogP contribution is 2.18. The lowest BCUT2D eigenvalue weighted by atomic mass is 9.93. The number of benzene rings is 2. The van der Waals surface area contributed by atoms with Gasteiger partial charge in [0, 0.05) is 36.8 Å². The predicted molar refractivity (Wildman–Crippen MR) is 112 cm³/mol. The van der Waals surface area contributed by atoms with E-state index in [1.807, 2.05) is 12.1 Å². The van der Waals surface area contributed by atoms with E-state index in [-0.39, 0.29) is 24.4 Å². The fraction of sp³-hybridized carbons (Fsp3) is 0.391. The van der Waals surface area contributed by atoms with E-state index >= 15 is 0 Å². The topological polar surface area (TPSA) is 90.9 Å². The Morgan fingerprint density at radius 3 is 2.57 bits per heavy atom. The summed E-state index contributed by atoms with van der Waals surface area (Å²) in [6.07, 6.45) is 1.91. The zero-order valence-electron chi connectivity index (χ0n) is 16.8. The molecule has 158 valence electrons. The van der Waals surface area contributed by atoms with Crippen molar-refractivity contribution in [3.05, 3.63) is 70.8 Å². The minimum Gasteiger partial charge on any atom is -0.390 e. The molecule has 2 aromatic rings. The number of hydrogen-bond acceptors (Lipinski definition) is 5. The van der Waals surface area contributed by atoms with Crippen molar-refractivity contribution < 1.29 is 19.5 Å². The number of aliphatic hydroxyl groups is 1. The van der Waals surface area contributed by atoms with Gasteiger partial charge < -0.3 is 15.7 Å². The number of hydrogen-bond donors (Lipinski definition) is 3. The molecule has 2 aromatic carbocycles. The standard InChI is InChI=1S/C23H27N3O4/c27-21(20-13-18-5-1-2-6-19(18)14-24-20)15-25-22(28)16-7-9-17(10-8-16)23(29)26-11-3-4-12-30-26/h1-2,5-10,20-21,24,27H,3-4,11-15H2,(H,25,28)/t20-,21?/m0/s1. The summed E-state index contributed by atoms with van der Waals surface area (Å²) in [5.74, 6) is -0.473. The second kappa shape index (κ2) is 9.38. The lowest BCUT2D eigenvalue weighted by Gasteiger charge is -2.30. The van der Waals surface area contributed by atoms with Crippen molar-refractivity contribution >= 4 is 11.8 Å². The molecule has 0 spiro atoms. The van der Waals surface area contributed by atoms with E-state index in [0.29, 0.717) is 30.8 Å². The van der Waals surface area contributed by atoms with Crippen molar-refractivity contribution in [3.8, 4) is 0 Å². The molecule has 0 bridgehead atoms. The molecular weight excluding hydrogens is 382 g/mol. The fourth-order valence-electron chi connectivity index (χ4n) is 3.86. The van der Waals surface area contributed by atoms with E-state index < -0.39 is 6.10 Å². The van der Waals surface area contributed by atoms with Crippen molar-refractivity contribution in [2.45, 2.75) is 38.0 Å². The monoisotopic (exact) mass is 409 g/mol. The minimum absolute atomic E-state index is 0.107. The molecule has 2 atom stereocenters. The molecule has 2 amide bonds. The molecule has 7 nitrogen and oxygen atoms in total. The molecule has 0 radical (unpaired) electrons. The van der Waals surface area contributed by atoms with Crippen LogP contribution in [0.3, 0.4) is 0 Å². The zero-order valence-corrected chi connectivity index (χ0v) is 16.8. The predicted octanol–water partition coefficient (Wildman–Crippen LogP) is 1.66. The Morgan fingerprint density at radius 1 is 1.10 bits per heavy atom. The Balaban J connectivity index is 1.29. The van der Waals surface area contributed by atoms with Crippen LogP contribution in [0.15, 0.2) is 48.5 Å². The second-order valence-electron chi connectivity index (χ2n) is 7.76. The van der Waals surface area contributed by atoms with Crippen LogP contribution in [0.25, 0.3) is 0 Å². The maximum atomic E-state index is 12.5. The molecule has 1 saturated heterocycles. The van der Waals surface area contributed by atoms with Gasteiger partial charge in [0.15, 0.2) is 0 Å². The Labute approximate surface area is 176 Å². The van der Waals surface area contributed by atoms with E-state index in [1.54, 1.807) is 24.3 Å². The molecule has 2 aliphatic rings. The molecule has 30 heavy (non-hydrogen) atoms. The first-order valence-corrected chi connectivity index (χ1v) is 10.4.